The number of hydrogen-bond acceptors (Lipinski definition) is 5. The molecule has 0 aliphatic carbocycles. The van der Waals surface area contributed by atoms with Crippen molar-refractivity contribution in [1.82, 2.24) is 9.88 Å². The van der Waals surface area contributed by atoms with Crippen molar-refractivity contribution in [2.45, 2.75) is 31.9 Å². The molecule has 4 atom stereocenters. The summed E-state index contributed by atoms with van der Waals surface area (Å²) in [6.07, 6.45) is 3.23. The smallest absolute Gasteiger partial charge is 0.334 e. The zero-order chi connectivity index (χ0) is 20.3. The molecule has 1 saturated heterocycles. The van der Waals surface area contributed by atoms with E-state index in [0.717, 1.165) is 42.6 Å². The number of aliphatic carboxylic acids is 1. The summed E-state index contributed by atoms with van der Waals surface area (Å²) in [5, 5.41) is 10.8. The second kappa shape index (κ2) is 6.69. The van der Waals surface area contributed by atoms with Gasteiger partial charge in [0.25, 0.3) is 0 Å². The van der Waals surface area contributed by atoms with Gasteiger partial charge in [0.2, 0.25) is 0 Å². The van der Waals surface area contributed by atoms with Gasteiger partial charge in [0, 0.05) is 50.4 Å². The third-order valence-corrected chi connectivity index (χ3v) is 6.96. The molecule has 1 fully saturated rings. The average Bonchev–Trinajstić information content (AvgIpc) is 3.09. The molecule has 5 rings (SSSR count). The zero-order valence-corrected chi connectivity index (χ0v) is 16.9. The monoisotopic (exact) mass is 402 g/mol. The minimum atomic E-state index is -0.873. The number of H-pyrrole nitrogens is 1. The van der Waals surface area contributed by atoms with Gasteiger partial charge in [0.1, 0.15) is 0 Å². The van der Waals surface area contributed by atoms with E-state index in [1.54, 1.807) is 14.2 Å². The number of piperidine rings is 1. The highest BCUT2D eigenvalue weighted by Gasteiger charge is 2.46. The van der Waals surface area contributed by atoms with Gasteiger partial charge in [-0.15, -0.1) is 0 Å². The molecular formula is C22H30N2O5. The zero-order valence-electron chi connectivity index (χ0n) is 16.9. The Morgan fingerprint density at radius 2 is 2.07 bits per heavy atom. The lowest BCUT2D eigenvalue weighted by atomic mass is 9.72. The number of hydrogen-bond donors (Lipinski definition) is 2. The fraction of sp³-hybridized carbons (Fsp3) is 0.500. The van der Waals surface area contributed by atoms with Crippen molar-refractivity contribution in [1.29, 1.82) is 0 Å². The average molecular weight is 402 g/mol. The first kappa shape index (κ1) is 18.4. The number of carboxylic acids is 1. The summed E-state index contributed by atoms with van der Waals surface area (Å²) in [6, 6.07) is 4.21. The van der Waals surface area contributed by atoms with Gasteiger partial charge in [-0.2, -0.15) is 0 Å². The number of aromatic nitrogens is 1. The normalized spacial score (nSPS) is 28.6. The van der Waals surface area contributed by atoms with Crippen LogP contribution in [0.5, 0.6) is 11.5 Å². The van der Waals surface area contributed by atoms with Gasteiger partial charge >= 0.3 is 5.97 Å². The second-order valence-electron chi connectivity index (χ2n) is 8.26. The van der Waals surface area contributed by atoms with E-state index >= 15 is 0 Å². The summed E-state index contributed by atoms with van der Waals surface area (Å²) in [4.78, 5) is 17.9. The summed E-state index contributed by atoms with van der Waals surface area (Å²) >= 11 is 0. The molecule has 4 heterocycles. The van der Waals surface area contributed by atoms with Crippen LogP contribution in [0.4, 0.5) is 0 Å². The molecule has 7 nitrogen and oxygen atoms in total. The number of fused-ring (bicyclic) bond motifs is 6. The van der Waals surface area contributed by atoms with Crippen molar-refractivity contribution in [2.24, 2.45) is 11.8 Å². The fourth-order valence-corrected chi connectivity index (χ4v) is 5.46. The number of rotatable bonds is 3. The Morgan fingerprint density at radius 3 is 2.79 bits per heavy atom. The van der Waals surface area contributed by atoms with Crippen LogP contribution in [0.25, 0.3) is 10.9 Å². The molecule has 7 heteroatoms. The van der Waals surface area contributed by atoms with Crippen molar-refractivity contribution in [3.8, 4) is 11.5 Å². The molecule has 1 aromatic heterocycles. The molecule has 2 unspecified atom stereocenters. The van der Waals surface area contributed by atoms with E-state index in [9.17, 15) is 9.90 Å². The number of carboxylic acid groups (broad SMARTS) is 1. The highest BCUT2D eigenvalue weighted by atomic mass is 16.5. The Bertz CT molecular complexity index is 1020. The van der Waals surface area contributed by atoms with E-state index in [0.29, 0.717) is 11.3 Å². The van der Waals surface area contributed by atoms with Crippen molar-refractivity contribution >= 4 is 16.9 Å². The Balaban J connectivity index is 0.00000136. The molecule has 2 N–H and O–H groups in total. The molecule has 29 heavy (non-hydrogen) atoms. The van der Waals surface area contributed by atoms with Gasteiger partial charge in [-0.25, -0.2) is 4.79 Å². The van der Waals surface area contributed by atoms with E-state index in [2.05, 4.69) is 9.88 Å². The van der Waals surface area contributed by atoms with Crippen LogP contribution in [-0.2, 0) is 16.0 Å². The number of nitrogens with zero attached hydrogens (tertiary/aromatic N) is 1. The van der Waals surface area contributed by atoms with E-state index in [4.69, 9.17) is 14.2 Å². The van der Waals surface area contributed by atoms with Gasteiger partial charge in [0.05, 0.1) is 38.2 Å². The largest absolute Gasteiger partial charge is 0.497 e. The SMILES string of the molecule is COc1cc2[nH]c3c(c2cc1OC)CCN1CC2C(C[C@H]31)C(C(=O)O)=CO[C@H]2C.[HH].[HH]. The standard InChI is InChI=1S/C22H26N2O5.2H2/c1-11-15-9-24-5-4-12-14-7-19(27-2)20(28-3)8-17(14)23-21(12)18(24)6-13(15)16(10-29-11)22(25)26;;/h7-8,10-11,13,15,18,23H,4-6,9H2,1-3H3,(H,25,26);2*1H/t11-,13?,15?,18+;;/m0../s1. The van der Waals surface area contributed by atoms with E-state index in [1.165, 1.54) is 17.5 Å². The third kappa shape index (κ3) is 2.71. The van der Waals surface area contributed by atoms with Crippen LogP contribution in [0.2, 0.25) is 0 Å². The number of carbonyl (C=O) groups is 1. The van der Waals surface area contributed by atoms with Crippen LogP contribution in [0.1, 0.15) is 33.5 Å². The van der Waals surface area contributed by atoms with Gasteiger partial charge in [-0.1, -0.05) is 0 Å². The maximum atomic E-state index is 11.8. The summed E-state index contributed by atoms with van der Waals surface area (Å²) < 4.78 is 16.6. The van der Waals surface area contributed by atoms with Crippen molar-refractivity contribution in [3.05, 3.63) is 35.2 Å². The molecule has 0 spiro atoms. The summed E-state index contributed by atoms with van der Waals surface area (Å²) in [5.41, 5.74) is 3.94. The maximum absolute atomic E-state index is 11.8. The quantitative estimate of drug-likeness (QED) is 0.816. The van der Waals surface area contributed by atoms with E-state index < -0.39 is 5.97 Å². The van der Waals surface area contributed by atoms with Crippen LogP contribution < -0.4 is 9.47 Å². The maximum Gasteiger partial charge on any atom is 0.334 e. The predicted octanol–water partition coefficient (Wildman–Crippen LogP) is 3.60. The molecule has 0 amide bonds. The Kier molecular flexibility index (Phi) is 4.24. The van der Waals surface area contributed by atoms with E-state index in [1.807, 2.05) is 19.1 Å². The van der Waals surface area contributed by atoms with Crippen LogP contribution in [0.15, 0.2) is 24.0 Å². The van der Waals surface area contributed by atoms with Gasteiger partial charge in [-0.05, 0) is 31.4 Å². The number of methoxy groups -OCH3 is 2. The van der Waals surface area contributed by atoms with Gasteiger partial charge in [-0.3, -0.25) is 4.90 Å². The highest BCUT2D eigenvalue weighted by Crippen LogP contribution is 2.48. The number of benzene rings is 1. The topological polar surface area (TPSA) is 84.0 Å². The lowest BCUT2D eigenvalue weighted by Gasteiger charge is -2.49. The molecular weight excluding hydrogens is 372 g/mol. The first-order valence-corrected chi connectivity index (χ1v) is 10.1. The molecule has 3 aliphatic rings. The fourth-order valence-electron chi connectivity index (χ4n) is 5.46. The minimum Gasteiger partial charge on any atom is -0.497 e. The predicted molar refractivity (Wildman–Crippen MR) is 112 cm³/mol. The highest BCUT2D eigenvalue weighted by molar-refractivity contribution is 5.89. The van der Waals surface area contributed by atoms with Crippen LogP contribution in [0, 0.1) is 11.8 Å². The number of aromatic amines is 1. The summed E-state index contributed by atoms with van der Waals surface area (Å²) in [5.74, 6) is 0.755. The number of ether oxygens (including phenoxy) is 3. The molecule has 0 bridgehead atoms. The number of nitrogens with one attached hydrogen (secondary N) is 1. The van der Waals surface area contributed by atoms with Crippen molar-refractivity contribution in [2.75, 3.05) is 27.3 Å². The van der Waals surface area contributed by atoms with Crippen molar-refractivity contribution < 1.29 is 27.0 Å². The lowest BCUT2D eigenvalue weighted by molar-refractivity contribution is -0.135. The first-order chi connectivity index (χ1) is 14.0. The minimum absolute atomic E-state index is 0. The van der Waals surface area contributed by atoms with Gasteiger partial charge < -0.3 is 24.3 Å². The van der Waals surface area contributed by atoms with E-state index in [-0.39, 0.29) is 26.8 Å². The van der Waals surface area contributed by atoms with Gasteiger partial charge in [0.15, 0.2) is 11.5 Å². The Morgan fingerprint density at radius 1 is 1.31 bits per heavy atom. The lowest BCUT2D eigenvalue weighted by Crippen LogP contribution is -2.51. The molecule has 0 radical (unpaired) electrons. The Hall–Kier alpha value is -2.67. The second-order valence-corrected chi connectivity index (χ2v) is 8.26. The summed E-state index contributed by atoms with van der Waals surface area (Å²) in [6.45, 7) is 3.85. The van der Waals surface area contributed by atoms with Crippen molar-refractivity contribution in [3.63, 3.8) is 0 Å². The molecule has 1 aromatic carbocycles. The van der Waals surface area contributed by atoms with Crippen LogP contribution in [0.3, 0.4) is 0 Å². The first-order valence-electron chi connectivity index (χ1n) is 10.1. The molecule has 0 saturated carbocycles. The van der Waals surface area contributed by atoms with Crippen LogP contribution >= 0.6 is 0 Å². The summed E-state index contributed by atoms with van der Waals surface area (Å²) in [7, 11) is 3.29. The molecule has 158 valence electrons. The Labute approximate surface area is 172 Å². The third-order valence-electron chi connectivity index (χ3n) is 6.96. The molecule has 2 aromatic rings. The molecule has 3 aliphatic heterocycles. The van der Waals surface area contributed by atoms with Crippen LogP contribution in [-0.4, -0.2) is 54.4 Å².